The lowest BCUT2D eigenvalue weighted by molar-refractivity contribution is 0.246. The van der Waals surface area contributed by atoms with Crippen molar-refractivity contribution in [2.24, 2.45) is 5.73 Å². The maximum atomic E-state index is 6.22. The van der Waals surface area contributed by atoms with Crippen LogP contribution in [0.2, 0.25) is 0 Å². The van der Waals surface area contributed by atoms with E-state index in [1.54, 1.807) is 11.3 Å². The van der Waals surface area contributed by atoms with Crippen LogP contribution in [0, 0.1) is 0 Å². The lowest BCUT2D eigenvalue weighted by Gasteiger charge is -2.37. The van der Waals surface area contributed by atoms with Gasteiger partial charge in [0.15, 0.2) is 0 Å². The van der Waals surface area contributed by atoms with Crippen molar-refractivity contribution in [3.63, 3.8) is 0 Å². The molecule has 0 aromatic carbocycles. The van der Waals surface area contributed by atoms with Crippen molar-refractivity contribution < 1.29 is 0 Å². The van der Waals surface area contributed by atoms with Crippen molar-refractivity contribution in [3.05, 3.63) is 16.1 Å². The topological polar surface area (TPSA) is 42.2 Å². The molecule has 2 N–H and O–H groups in total. The number of thiazole rings is 1. The summed E-state index contributed by atoms with van der Waals surface area (Å²) in [4.78, 5) is 6.85. The minimum absolute atomic E-state index is 0.0624. The van der Waals surface area contributed by atoms with Crippen molar-refractivity contribution in [2.75, 3.05) is 20.6 Å². The van der Waals surface area contributed by atoms with Gasteiger partial charge in [-0.1, -0.05) is 0 Å². The first-order valence-electron chi connectivity index (χ1n) is 5.94. The first-order valence-corrected chi connectivity index (χ1v) is 6.82. The van der Waals surface area contributed by atoms with Crippen LogP contribution in [-0.4, -0.2) is 36.1 Å². The van der Waals surface area contributed by atoms with Crippen LogP contribution in [0.5, 0.6) is 0 Å². The number of hydrogen-bond acceptors (Lipinski definition) is 4. The van der Waals surface area contributed by atoms with Crippen LogP contribution in [0.25, 0.3) is 0 Å². The first kappa shape index (κ1) is 12.0. The Bertz CT molecular complexity index is 342. The maximum Gasteiger partial charge on any atom is 0.0941 e. The van der Waals surface area contributed by atoms with Crippen molar-refractivity contribution in [2.45, 2.75) is 37.6 Å². The van der Waals surface area contributed by atoms with Crippen LogP contribution in [-0.2, 0) is 12.8 Å². The number of aromatic nitrogens is 1. The molecular weight excluding hydrogens is 218 g/mol. The fourth-order valence-electron chi connectivity index (χ4n) is 2.03. The first-order chi connectivity index (χ1) is 7.57. The molecule has 0 atom stereocenters. The van der Waals surface area contributed by atoms with E-state index in [9.17, 15) is 0 Å². The zero-order valence-electron chi connectivity index (χ0n) is 10.2. The van der Waals surface area contributed by atoms with E-state index in [4.69, 9.17) is 5.73 Å². The quantitative estimate of drug-likeness (QED) is 0.850. The summed E-state index contributed by atoms with van der Waals surface area (Å²) < 4.78 is 0. The summed E-state index contributed by atoms with van der Waals surface area (Å²) in [7, 11) is 4.19. The molecule has 3 nitrogen and oxygen atoms in total. The van der Waals surface area contributed by atoms with Gasteiger partial charge in [0, 0.05) is 30.3 Å². The molecule has 0 saturated heterocycles. The van der Waals surface area contributed by atoms with Crippen molar-refractivity contribution in [1.82, 2.24) is 9.88 Å². The number of hydrogen-bond donors (Lipinski definition) is 1. The second kappa shape index (κ2) is 4.82. The molecule has 90 valence electrons. The molecule has 1 heterocycles. The zero-order chi connectivity index (χ0) is 11.6. The molecule has 1 saturated carbocycles. The van der Waals surface area contributed by atoms with Gasteiger partial charge < -0.3 is 10.6 Å². The van der Waals surface area contributed by atoms with Gasteiger partial charge in [0.05, 0.1) is 10.7 Å². The lowest BCUT2D eigenvalue weighted by atomic mass is 9.75. The monoisotopic (exact) mass is 239 g/mol. The summed E-state index contributed by atoms with van der Waals surface area (Å²) in [6.07, 6.45) is 5.63. The molecular formula is C12H21N3S. The molecule has 0 aliphatic heterocycles. The Labute approximate surface area is 102 Å². The van der Waals surface area contributed by atoms with Gasteiger partial charge in [-0.25, -0.2) is 4.98 Å². The zero-order valence-corrected chi connectivity index (χ0v) is 11.0. The largest absolute Gasteiger partial charge is 0.325 e. The highest BCUT2D eigenvalue weighted by Crippen LogP contribution is 2.32. The minimum Gasteiger partial charge on any atom is -0.325 e. The molecule has 0 amide bonds. The van der Waals surface area contributed by atoms with Crippen molar-refractivity contribution in [1.29, 1.82) is 0 Å². The fraction of sp³-hybridized carbons (Fsp3) is 0.750. The molecule has 0 bridgehead atoms. The van der Waals surface area contributed by atoms with Gasteiger partial charge in [-0.15, -0.1) is 11.3 Å². The van der Waals surface area contributed by atoms with Crippen molar-refractivity contribution >= 4 is 11.3 Å². The van der Waals surface area contributed by atoms with E-state index in [2.05, 4.69) is 29.4 Å². The molecule has 1 aromatic heterocycles. The van der Waals surface area contributed by atoms with E-state index < -0.39 is 0 Å². The minimum atomic E-state index is 0.0624. The number of nitrogens with two attached hydrogens (primary N) is 1. The normalized spacial score (nSPS) is 18.8. The molecule has 0 spiro atoms. The van der Waals surface area contributed by atoms with Crippen molar-refractivity contribution in [3.8, 4) is 0 Å². The average Bonchev–Trinajstić information content (AvgIpc) is 2.60. The van der Waals surface area contributed by atoms with Crippen LogP contribution in [0.15, 0.2) is 5.38 Å². The van der Waals surface area contributed by atoms with Gasteiger partial charge in [0.25, 0.3) is 0 Å². The van der Waals surface area contributed by atoms with Gasteiger partial charge >= 0.3 is 0 Å². The molecule has 16 heavy (non-hydrogen) atoms. The van der Waals surface area contributed by atoms with E-state index >= 15 is 0 Å². The van der Waals surface area contributed by atoms with Crippen LogP contribution in [0.3, 0.4) is 0 Å². The fourth-order valence-corrected chi connectivity index (χ4v) is 2.82. The predicted molar refractivity (Wildman–Crippen MR) is 68.8 cm³/mol. The Hall–Kier alpha value is -0.450. The summed E-state index contributed by atoms with van der Waals surface area (Å²) in [5, 5.41) is 3.42. The Kier molecular flexibility index (Phi) is 3.62. The molecule has 1 fully saturated rings. The lowest BCUT2D eigenvalue weighted by Crippen LogP contribution is -2.48. The third kappa shape index (κ3) is 3.03. The SMILES string of the molecule is CN(C)CCc1nc(CC2(N)CCC2)cs1. The van der Waals surface area contributed by atoms with Crippen LogP contribution in [0.1, 0.15) is 30.0 Å². The maximum absolute atomic E-state index is 6.22. The second-order valence-corrected chi connectivity index (χ2v) is 6.12. The molecule has 2 rings (SSSR count). The Morgan fingerprint density at radius 3 is 2.81 bits per heavy atom. The molecule has 1 aromatic rings. The third-order valence-electron chi connectivity index (χ3n) is 3.25. The van der Waals surface area contributed by atoms with E-state index in [0.717, 1.165) is 32.2 Å². The molecule has 0 radical (unpaired) electrons. The summed E-state index contributed by atoms with van der Waals surface area (Å²) >= 11 is 1.77. The summed E-state index contributed by atoms with van der Waals surface area (Å²) in [5.41, 5.74) is 7.48. The van der Waals surface area contributed by atoms with Crippen LogP contribution in [0.4, 0.5) is 0 Å². The highest BCUT2D eigenvalue weighted by atomic mass is 32.1. The smallest absolute Gasteiger partial charge is 0.0941 e. The summed E-state index contributed by atoms with van der Waals surface area (Å²) in [6.45, 7) is 1.07. The van der Waals surface area contributed by atoms with Gasteiger partial charge in [0.1, 0.15) is 0 Å². The Morgan fingerprint density at radius 1 is 1.50 bits per heavy atom. The Balaban J connectivity index is 1.87. The van der Waals surface area contributed by atoms with E-state index in [0.29, 0.717) is 0 Å². The van der Waals surface area contributed by atoms with E-state index in [1.807, 2.05) is 0 Å². The summed E-state index contributed by atoms with van der Waals surface area (Å²) in [5.74, 6) is 0. The Morgan fingerprint density at radius 2 is 2.25 bits per heavy atom. The van der Waals surface area contributed by atoms with Gasteiger partial charge in [-0.2, -0.15) is 0 Å². The molecule has 1 aliphatic rings. The highest BCUT2D eigenvalue weighted by molar-refractivity contribution is 7.09. The average molecular weight is 239 g/mol. The number of likely N-dealkylation sites (N-methyl/N-ethyl adjacent to an activating group) is 1. The van der Waals surface area contributed by atoms with E-state index in [1.165, 1.54) is 17.1 Å². The van der Waals surface area contributed by atoms with Crippen LogP contribution < -0.4 is 5.73 Å². The van der Waals surface area contributed by atoms with Gasteiger partial charge in [-0.05, 0) is 33.4 Å². The number of rotatable bonds is 5. The third-order valence-corrected chi connectivity index (χ3v) is 4.21. The second-order valence-electron chi connectivity index (χ2n) is 5.18. The van der Waals surface area contributed by atoms with Gasteiger partial charge in [-0.3, -0.25) is 0 Å². The predicted octanol–water partition coefficient (Wildman–Crippen LogP) is 1.67. The molecule has 4 heteroatoms. The molecule has 0 unspecified atom stereocenters. The highest BCUT2D eigenvalue weighted by Gasteiger charge is 2.33. The number of nitrogens with zero attached hydrogens (tertiary/aromatic N) is 2. The molecule has 1 aliphatic carbocycles. The van der Waals surface area contributed by atoms with Gasteiger partial charge in [0.2, 0.25) is 0 Å². The van der Waals surface area contributed by atoms with Crippen LogP contribution >= 0.6 is 11.3 Å². The standard InChI is InChI=1S/C12H21N3S/c1-15(2)7-4-11-14-10(9-16-11)8-12(13)5-3-6-12/h9H,3-8,13H2,1-2H3. The van der Waals surface area contributed by atoms with E-state index in [-0.39, 0.29) is 5.54 Å². The summed E-state index contributed by atoms with van der Waals surface area (Å²) in [6, 6.07) is 0.